The maximum Gasteiger partial charge on any atom is 0.264 e. The first-order chi connectivity index (χ1) is 14.1. The molecule has 2 aromatic rings. The van der Waals surface area contributed by atoms with E-state index in [0.29, 0.717) is 44.1 Å². The van der Waals surface area contributed by atoms with Gasteiger partial charge in [-0.3, -0.25) is 9.59 Å². The highest BCUT2D eigenvalue weighted by Crippen LogP contribution is 2.14. The minimum Gasteiger partial charge on any atom is -0.382 e. The molecule has 160 valence electrons. The molecule has 6 nitrogen and oxygen atoms in total. The van der Waals surface area contributed by atoms with Crippen LogP contribution in [0.4, 0.5) is 0 Å². The molecule has 2 amide bonds. The fraction of sp³-hybridized carbons (Fsp3) is 0.545. The van der Waals surface area contributed by atoms with Crippen LogP contribution in [0, 0.1) is 0 Å². The molecule has 2 heterocycles. The molecule has 0 aliphatic rings. The van der Waals surface area contributed by atoms with Gasteiger partial charge in [0.2, 0.25) is 5.91 Å². The minimum atomic E-state index is -0.0841. The third kappa shape index (κ3) is 7.33. The molecule has 0 atom stereocenters. The van der Waals surface area contributed by atoms with E-state index in [4.69, 9.17) is 4.74 Å². The number of ether oxygens (including phenoxy) is 1. The van der Waals surface area contributed by atoms with Crippen LogP contribution in [0.3, 0.4) is 0 Å². The van der Waals surface area contributed by atoms with E-state index in [-0.39, 0.29) is 18.4 Å². The number of unbranched alkanes of at least 4 members (excludes halogenated alkanes) is 1. The van der Waals surface area contributed by atoms with Crippen LogP contribution in [0.25, 0.3) is 0 Å². The second kappa shape index (κ2) is 12.4. The Balaban J connectivity index is 2.08. The molecule has 29 heavy (non-hydrogen) atoms. The molecular formula is C22H33N3O3S. The van der Waals surface area contributed by atoms with Crippen LogP contribution < -0.4 is 0 Å². The number of carbonyl (C=O) groups is 2. The van der Waals surface area contributed by atoms with Gasteiger partial charge in [0.25, 0.3) is 5.91 Å². The monoisotopic (exact) mass is 419 g/mol. The van der Waals surface area contributed by atoms with Crippen molar-refractivity contribution in [3.05, 3.63) is 46.4 Å². The quantitative estimate of drug-likeness (QED) is 0.464. The molecule has 0 aromatic carbocycles. The van der Waals surface area contributed by atoms with Crippen molar-refractivity contribution in [1.29, 1.82) is 0 Å². The Morgan fingerprint density at radius 2 is 1.90 bits per heavy atom. The molecular weight excluding hydrogens is 386 g/mol. The number of aryl methyl sites for hydroxylation is 1. The van der Waals surface area contributed by atoms with E-state index in [9.17, 15) is 9.59 Å². The molecule has 0 fully saturated rings. The van der Waals surface area contributed by atoms with Crippen LogP contribution in [0.1, 0.15) is 48.5 Å². The molecule has 0 spiro atoms. The molecule has 7 heteroatoms. The molecule has 0 radical (unpaired) electrons. The number of carbonyl (C=O) groups excluding carboxylic acids is 2. The maximum atomic E-state index is 13.2. The molecule has 0 bridgehead atoms. The Bertz CT molecular complexity index is 742. The van der Waals surface area contributed by atoms with Crippen molar-refractivity contribution in [1.82, 2.24) is 14.4 Å². The van der Waals surface area contributed by atoms with E-state index in [1.807, 2.05) is 59.3 Å². The third-order valence-corrected chi connectivity index (χ3v) is 5.66. The second-order valence-corrected chi connectivity index (χ2v) is 7.98. The Hall–Kier alpha value is -2.12. The summed E-state index contributed by atoms with van der Waals surface area (Å²) in [6, 6.07) is 7.69. The number of rotatable bonds is 13. The van der Waals surface area contributed by atoms with Crippen LogP contribution in [0.5, 0.6) is 0 Å². The molecule has 2 aromatic heterocycles. The first-order valence-corrected chi connectivity index (χ1v) is 11.2. The van der Waals surface area contributed by atoms with Crippen molar-refractivity contribution < 1.29 is 14.3 Å². The Kier molecular flexibility index (Phi) is 9.94. The molecule has 0 unspecified atom stereocenters. The van der Waals surface area contributed by atoms with Gasteiger partial charge in [0.05, 0.1) is 11.4 Å². The van der Waals surface area contributed by atoms with Gasteiger partial charge in [-0.25, -0.2) is 0 Å². The van der Waals surface area contributed by atoms with Gasteiger partial charge in [0.1, 0.15) is 6.54 Å². The first kappa shape index (κ1) is 23.2. The summed E-state index contributed by atoms with van der Waals surface area (Å²) in [5.74, 6) is -0.0971. The Morgan fingerprint density at radius 3 is 2.52 bits per heavy atom. The molecule has 0 aliphatic heterocycles. The average Bonchev–Trinajstić information content (AvgIpc) is 3.39. The number of nitrogens with zero attached hydrogens (tertiary/aromatic N) is 3. The van der Waals surface area contributed by atoms with E-state index in [1.54, 1.807) is 4.90 Å². The summed E-state index contributed by atoms with van der Waals surface area (Å²) in [4.78, 5) is 30.3. The Morgan fingerprint density at radius 1 is 1.10 bits per heavy atom. The number of thiophene rings is 1. The zero-order valence-electron chi connectivity index (χ0n) is 17.8. The largest absolute Gasteiger partial charge is 0.382 e. The van der Waals surface area contributed by atoms with E-state index in [0.717, 1.165) is 18.5 Å². The lowest BCUT2D eigenvalue weighted by atomic mass is 10.2. The predicted molar refractivity (Wildman–Crippen MR) is 117 cm³/mol. The zero-order chi connectivity index (χ0) is 21.1. The number of amides is 2. The molecule has 2 rings (SSSR count). The van der Waals surface area contributed by atoms with Gasteiger partial charge in [-0.2, -0.15) is 0 Å². The van der Waals surface area contributed by atoms with E-state index in [2.05, 4.69) is 6.92 Å². The highest BCUT2D eigenvalue weighted by atomic mass is 32.1. The van der Waals surface area contributed by atoms with Crippen LogP contribution in [-0.4, -0.2) is 59.0 Å². The number of hydrogen-bond donors (Lipinski definition) is 0. The average molecular weight is 420 g/mol. The smallest absolute Gasteiger partial charge is 0.264 e. The predicted octanol–water partition coefficient (Wildman–Crippen LogP) is 3.78. The summed E-state index contributed by atoms with van der Waals surface area (Å²) in [7, 11) is 1.98. The lowest BCUT2D eigenvalue weighted by Gasteiger charge is -2.28. The van der Waals surface area contributed by atoms with E-state index < -0.39 is 0 Å². The van der Waals surface area contributed by atoms with Gasteiger partial charge in [0, 0.05) is 45.2 Å². The third-order valence-electron chi connectivity index (χ3n) is 4.80. The molecule has 0 N–H and O–H groups in total. The van der Waals surface area contributed by atoms with Crippen LogP contribution in [0.2, 0.25) is 0 Å². The zero-order valence-corrected chi connectivity index (χ0v) is 18.6. The second-order valence-electron chi connectivity index (χ2n) is 7.03. The number of hydrogen-bond acceptors (Lipinski definition) is 4. The Labute approximate surface area is 178 Å². The van der Waals surface area contributed by atoms with Crippen LogP contribution in [-0.2, 0) is 23.1 Å². The van der Waals surface area contributed by atoms with Gasteiger partial charge in [-0.1, -0.05) is 19.4 Å². The minimum absolute atomic E-state index is 0.0130. The van der Waals surface area contributed by atoms with Crippen molar-refractivity contribution in [2.45, 2.75) is 39.7 Å². The standard InChI is InChI=1S/C22H33N3O3S/c1-4-6-13-24(17-19-10-7-12-23(19)3)21(26)18-25(14-9-15-28-5-2)22(27)20-11-8-16-29-20/h7-8,10-12,16H,4-6,9,13-15,17-18H2,1-3H3. The van der Waals surface area contributed by atoms with Gasteiger partial charge >= 0.3 is 0 Å². The lowest BCUT2D eigenvalue weighted by Crippen LogP contribution is -2.43. The van der Waals surface area contributed by atoms with Gasteiger partial charge in [-0.15, -0.1) is 11.3 Å². The summed E-state index contributed by atoms with van der Waals surface area (Å²) in [6.07, 6.45) is 4.66. The number of aromatic nitrogens is 1. The summed E-state index contributed by atoms with van der Waals surface area (Å²) in [5, 5.41) is 1.89. The van der Waals surface area contributed by atoms with Crippen molar-refractivity contribution >= 4 is 23.2 Å². The van der Waals surface area contributed by atoms with Crippen molar-refractivity contribution in [2.24, 2.45) is 7.05 Å². The highest BCUT2D eigenvalue weighted by Gasteiger charge is 2.23. The summed E-state index contributed by atoms with van der Waals surface area (Å²) in [6.45, 7) is 7.16. The highest BCUT2D eigenvalue weighted by molar-refractivity contribution is 7.12. The van der Waals surface area contributed by atoms with Gasteiger partial charge < -0.3 is 19.1 Å². The molecule has 0 aliphatic carbocycles. The summed E-state index contributed by atoms with van der Waals surface area (Å²) < 4.78 is 7.44. The van der Waals surface area contributed by atoms with E-state index >= 15 is 0 Å². The summed E-state index contributed by atoms with van der Waals surface area (Å²) >= 11 is 1.41. The fourth-order valence-corrected chi connectivity index (χ4v) is 3.76. The summed E-state index contributed by atoms with van der Waals surface area (Å²) in [5.41, 5.74) is 1.09. The van der Waals surface area contributed by atoms with Crippen LogP contribution >= 0.6 is 11.3 Å². The first-order valence-electron chi connectivity index (χ1n) is 10.3. The van der Waals surface area contributed by atoms with Crippen molar-refractivity contribution in [2.75, 3.05) is 32.8 Å². The fourth-order valence-electron chi connectivity index (χ4n) is 3.07. The maximum absolute atomic E-state index is 13.2. The lowest BCUT2D eigenvalue weighted by molar-refractivity contribution is -0.132. The molecule has 0 saturated carbocycles. The van der Waals surface area contributed by atoms with Gasteiger partial charge in [0.15, 0.2) is 0 Å². The van der Waals surface area contributed by atoms with Crippen molar-refractivity contribution in [3.63, 3.8) is 0 Å². The van der Waals surface area contributed by atoms with Crippen LogP contribution in [0.15, 0.2) is 35.8 Å². The topological polar surface area (TPSA) is 54.8 Å². The SMILES string of the molecule is CCCCN(Cc1cccn1C)C(=O)CN(CCCOCC)C(=O)c1cccs1. The molecule has 0 saturated heterocycles. The van der Waals surface area contributed by atoms with Crippen molar-refractivity contribution in [3.8, 4) is 0 Å². The van der Waals surface area contributed by atoms with Gasteiger partial charge in [-0.05, 0) is 43.3 Å². The normalized spacial score (nSPS) is 10.9. The van der Waals surface area contributed by atoms with E-state index in [1.165, 1.54) is 11.3 Å².